The smallest absolute Gasteiger partial charge is 0.0758 e. The molecule has 2 N–H and O–H groups in total. The molecule has 0 radical (unpaired) electrons. The second-order valence-electron chi connectivity index (χ2n) is 6.53. The van der Waals surface area contributed by atoms with Gasteiger partial charge in [0.05, 0.1) is 5.54 Å². The third-order valence-corrected chi connectivity index (χ3v) is 4.94. The van der Waals surface area contributed by atoms with E-state index in [1.54, 1.807) is 0 Å². The summed E-state index contributed by atoms with van der Waals surface area (Å²) < 4.78 is 0. The van der Waals surface area contributed by atoms with Crippen LogP contribution in [0, 0.1) is 0 Å². The third-order valence-electron chi connectivity index (χ3n) is 4.94. The van der Waals surface area contributed by atoms with Gasteiger partial charge in [0.15, 0.2) is 0 Å². The zero-order valence-corrected chi connectivity index (χ0v) is 15.9. The first-order chi connectivity index (χ1) is 11.1. The minimum atomic E-state index is -0.614. The fourth-order valence-corrected chi connectivity index (χ4v) is 3.37. The van der Waals surface area contributed by atoms with E-state index in [1.807, 2.05) is 18.2 Å². The predicted molar refractivity (Wildman–Crippen MR) is 108 cm³/mol. The summed E-state index contributed by atoms with van der Waals surface area (Å²) in [5.74, 6) is 0. The molecule has 0 spiro atoms. The molecule has 0 aliphatic heterocycles. The van der Waals surface area contributed by atoms with Gasteiger partial charge in [-0.2, -0.15) is 0 Å². The van der Waals surface area contributed by atoms with Crippen LogP contribution in [0.1, 0.15) is 30.5 Å². The van der Waals surface area contributed by atoms with E-state index in [-0.39, 0.29) is 22.4 Å². The average Bonchev–Trinajstić information content (AvgIpc) is 2.63. The average molecular weight is 382 g/mol. The Bertz CT molecular complexity index is 712. The summed E-state index contributed by atoms with van der Waals surface area (Å²) in [6.07, 6.45) is 0. The summed E-state index contributed by atoms with van der Waals surface area (Å²) in [5.41, 5.74) is 9.75. The Kier molecular flexibility index (Phi) is 5.63. The minimum Gasteiger partial charge on any atom is -0.317 e. The fourth-order valence-electron chi connectivity index (χ4n) is 3.37. The van der Waals surface area contributed by atoms with E-state index in [0.717, 1.165) is 11.1 Å². The molecule has 0 aliphatic carbocycles. The van der Waals surface area contributed by atoms with E-state index in [9.17, 15) is 0 Å². The summed E-state index contributed by atoms with van der Waals surface area (Å²) in [7, 11) is 0. The monoisotopic (exact) mass is 381 g/mol. The molecule has 24 heavy (non-hydrogen) atoms. The van der Waals surface area contributed by atoms with Crippen molar-refractivity contribution < 1.29 is 0 Å². The molecule has 0 unspecified atom stereocenters. The molecule has 0 atom stereocenters. The molecule has 3 aromatic rings. The zero-order valence-electron chi connectivity index (χ0n) is 14.1. The molecule has 0 aliphatic rings. The van der Waals surface area contributed by atoms with Crippen LogP contribution in [0.3, 0.4) is 0 Å². The molecule has 0 bridgehead atoms. The van der Waals surface area contributed by atoms with Crippen LogP contribution in [0.25, 0.3) is 0 Å². The molecule has 124 valence electrons. The summed E-state index contributed by atoms with van der Waals surface area (Å²) >= 11 is 0. The van der Waals surface area contributed by atoms with Gasteiger partial charge in [0, 0.05) is 5.41 Å². The first-order valence-corrected chi connectivity index (χ1v) is 8.02. The first kappa shape index (κ1) is 18.4. The van der Waals surface area contributed by atoms with Crippen molar-refractivity contribution in [1.29, 1.82) is 0 Å². The quantitative estimate of drug-likeness (QED) is 0.639. The third kappa shape index (κ3) is 3.04. The Morgan fingerprint density at radius 3 is 1.17 bits per heavy atom. The van der Waals surface area contributed by atoms with Gasteiger partial charge in [-0.25, -0.2) is 0 Å². The molecule has 3 aromatic carbocycles. The van der Waals surface area contributed by atoms with Gasteiger partial charge >= 0.3 is 0 Å². The highest BCUT2D eigenvalue weighted by atomic mass is 79.9. The van der Waals surface area contributed by atoms with Crippen LogP contribution in [0.5, 0.6) is 0 Å². The summed E-state index contributed by atoms with van der Waals surface area (Å²) in [6.45, 7) is 4.45. The van der Waals surface area contributed by atoms with Gasteiger partial charge in [-0.05, 0) is 16.7 Å². The molecule has 0 amide bonds. The van der Waals surface area contributed by atoms with Crippen molar-refractivity contribution in [3.63, 3.8) is 0 Å². The lowest BCUT2D eigenvalue weighted by molar-refractivity contribution is 0.313. The Hall–Kier alpha value is -1.90. The maximum absolute atomic E-state index is 7.15. The first-order valence-electron chi connectivity index (χ1n) is 8.02. The van der Waals surface area contributed by atoms with Crippen LogP contribution in [-0.2, 0) is 11.0 Å². The topological polar surface area (TPSA) is 26.0 Å². The number of rotatable bonds is 4. The molecular weight excluding hydrogens is 358 g/mol. The van der Waals surface area contributed by atoms with E-state index in [2.05, 4.69) is 86.6 Å². The van der Waals surface area contributed by atoms with Crippen molar-refractivity contribution in [2.75, 3.05) is 0 Å². The molecule has 0 heterocycles. The zero-order chi connectivity index (χ0) is 16.3. The lowest BCUT2D eigenvalue weighted by Crippen LogP contribution is -2.53. The summed E-state index contributed by atoms with van der Waals surface area (Å²) in [5, 5.41) is 0. The maximum Gasteiger partial charge on any atom is 0.0758 e. The molecule has 0 saturated heterocycles. The van der Waals surface area contributed by atoms with Crippen molar-refractivity contribution in [3.8, 4) is 0 Å². The normalized spacial score (nSPS) is 11.6. The van der Waals surface area contributed by atoms with Crippen molar-refractivity contribution in [2.24, 2.45) is 5.73 Å². The van der Waals surface area contributed by atoms with Gasteiger partial charge in [-0.3, -0.25) is 0 Å². The van der Waals surface area contributed by atoms with Crippen LogP contribution in [0.4, 0.5) is 0 Å². The predicted octanol–water partition coefficient (Wildman–Crippen LogP) is 5.44. The molecule has 0 aromatic heterocycles. The lowest BCUT2D eigenvalue weighted by atomic mass is 9.62. The highest BCUT2D eigenvalue weighted by Crippen LogP contribution is 2.44. The minimum absolute atomic E-state index is 0. The number of hydrogen-bond donors (Lipinski definition) is 1. The van der Waals surface area contributed by atoms with Crippen LogP contribution in [0.15, 0.2) is 91.0 Å². The van der Waals surface area contributed by atoms with Crippen LogP contribution in [-0.4, -0.2) is 0 Å². The number of benzene rings is 3. The SMILES string of the molecule is Br.CC(C)(c1ccccc1)C(N)(c1ccccc1)c1ccccc1. The highest BCUT2D eigenvalue weighted by Gasteiger charge is 2.45. The largest absolute Gasteiger partial charge is 0.317 e. The summed E-state index contributed by atoms with van der Waals surface area (Å²) in [6, 6.07) is 31.3. The van der Waals surface area contributed by atoms with Crippen LogP contribution < -0.4 is 5.73 Å². The van der Waals surface area contributed by atoms with Crippen LogP contribution >= 0.6 is 17.0 Å². The standard InChI is InChI=1S/C22H23N.BrH/c1-21(2,18-12-6-3-7-13-18)22(23,19-14-8-4-9-15-19)20-16-10-5-11-17-20;/h3-17H,23H2,1-2H3;1H. The van der Waals surface area contributed by atoms with E-state index in [1.165, 1.54) is 5.56 Å². The van der Waals surface area contributed by atoms with Gasteiger partial charge in [-0.1, -0.05) is 105 Å². The molecule has 0 fully saturated rings. The Balaban J connectivity index is 0.00000208. The van der Waals surface area contributed by atoms with Gasteiger partial charge in [0.1, 0.15) is 0 Å². The maximum atomic E-state index is 7.15. The number of nitrogens with two attached hydrogens (primary N) is 1. The van der Waals surface area contributed by atoms with Crippen molar-refractivity contribution >= 4 is 17.0 Å². The molecular formula is C22H24BrN. The summed E-state index contributed by atoms with van der Waals surface area (Å²) in [4.78, 5) is 0. The van der Waals surface area contributed by atoms with E-state index >= 15 is 0 Å². The van der Waals surface area contributed by atoms with Gasteiger partial charge in [0.25, 0.3) is 0 Å². The number of hydrogen-bond acceptors (Lipinski definition) is 1. The Morgan fingerprint density at radius 2 is 0.833 bits per heavy atom. The molecule has 1 nitrogen and oxygen atoms in total. The molecule has 3 rings (SSSR count). The van der Waals surface area contributed by atoms with Gasteiger partial charge < -0.3 is 5.73 Å². The second kappa shape index (κ2) is 7.33. The molecule has 2 heteroatoms. The van der Waals surface area contributed by atoms with Crippen molar-refractivity contribution in [1.82, 2.24) is 0 Å². The number of halogens is 1. The van der Waals surface area contributed by atoms with Crippen molar-refractivity contribution in [3.05, 3.63) is 108 Å². The van der Waals surface area contributed by atoms with Gasteiger partial charge in [0.2, 0.25) is 0 Å². The molecule has 0 saturated carbocycles. The Labute approximate surface area is 155 Å². The van der Waals surface area contributed by atoms with E-state index < -0.39 is 5.54 Å². The van der Waals surface area contributed by atoms with Crippen molar-refractivity contribution in [2.45, 2.75) is 24.8 Å². The highest BCUT2D eigenvalue weighted by molar-refractivity contribution is 8.93. The van der Waals surface area contributed by atoms with Gasteiger partial charge in [-0.15, -0.1) is 17.0 Å². The van der Waals surface area contributed by atoms with E-state index in [0.29, 0.717) is 0 Å². The second-order valence-corrected chi connectivity index (χ2v) is 6.53. The van der Waals surface area contributed by atoms with Crippen LogP contribution in [0.2, 0.25) is 0 Å². The van der Waals surface area contributed by atoms with E-state index in [4.69, 9.17) is 5.73 Å². The lowest BCUT2D eigenvalue weighted by Gasteiger charge is -2.45. The fraction of sp³-hybridized carbons (Fsp3) is 0.182. The Morgan fingerprint density at radius 1 is 0.542 bits per heavy atom.